The molecule has 1 aromatic heterocycles. The Morgan fingerprint density at radius 2 is 1.89 bits per heavy atom. The van der Waals surface area contributed by atoms with Crippen LogP contribution in [-0.2, 0) is 11.2 Å². The molecule has 3 rings (SSSR count). The summed E-state index contributed by atoms with van der Waals surface area (Å²) in [6, 6.07) is 11.0. The van der Waals surface area contributed by atoms with E-state index in [1.54, 1.807) is 19.0 Å². The Labute approximate surface area is 166 Å². The van der Waals surface area contributed by atoms with Gasteiger partial charge in [-0.3, -0.25) is 14.7 Å². The van der Waals surface area contributed by atoms with Crippen LogP contribution in [0.2, 0.25) is 0 Å². The van der Waals surface area contributed by atoms with Crippen LogP contribution >= 0.6 is 11.8 Å². The first-order valence-electron chi connectivity index (χ1n) is 9.39. The first-order chi connectivity index (χ1) is 13.0. The zero-order valence-corrected chi connectivity index (χ0v) is 17.6. The highest BCUT2D eigenvalue weighted by atomic mass is 32.2. The number of hydrogen-bond acceptors (Lipinski definition) is 3. The molecule has 1 amide bonds. The summed E-state index contributed by atoms with van der Waals surface area (Å²) in [5.74, 6) is 0.00526. The summed E-state index contributed by atoms with van der Waals surface area (Å²) >= 11 is 1.43. The molecule has 2 aromatic rings. The smallest absolute Gasteiger partial charge is 0.266 e. The number of nitrogens with zero attached hydrogens (tertiary/aromatic N) is 3. The number of rotatable bonds is 5. The van der Waals surface area contributed by atoms with Gasteiger partial charge in [-0.1, -0.05) is 25.5 Å². The molecule has 0 atom stereocenters. The molecule has 0 unspecified atom stereocenters. The molecular weight excluding hydrogens is 354 g/mol. The van der Waals surface area contributed by atoms with Crippen LogP contribution < -0.4 is 0 Å². The molecule has 0 aliphatic carbocycles. The minimum atomic E-state index is 0.00526. The van der Waals surface area contributed by atoms with Crippen LogP contribution in [0.3, 0.4) is 0 Å². The zero-order chi connectivity index (χ0) is 19.6. The Hall–Kier alpha value is -2.27. The average Bonchev–Trinajstić information content (AvgIpc) is 3.10. The van der Waals surface area contributed by atoms with Crippen LogP contribution in [0.5, 0.6) is 0 Å². The number of likely N-dealkylation sites (N-methyl/N-ethyl adjacent to an activating group) is 1. The van der Waals surface area contributed by atoms with Gasteiger partial charge in [-0.2, -0.15) is 0 Å². The number of benzene rings is 1. The first-order valence-corrected chi connectivity index (χ1v) is 10.2. The van der Waals surface area contributed by atoms with Crippen LogP contribution in [0.15, 0.2) is 40.2 Å². The highest BCUT2D eigenvalue weighted by Crippen LogP contribution is 2.33. The molecule has 1 aliphatic heterocycles. The van der Waals surface area contributed by atoms with E-state index in [2.05, 4.69) is 60.7 Å². The lowest BCUT2D eigenvalue weighted by atomic mass is 10.1. The van der Waals surface area contributed by atoms with Gasteiger partial charge in [-0.15, -0.1) is 0 Å². The van der Waals surface area contributed by atoms with E-state index in [1.165, 1.54) is 30.2 Å². The number of carbonyl (C=O) groups excluding carboxylic acids is 1. The van der Waals surface area contributed by atoms with E-state index >= 15 is 0 Å². The van der Waals surface area contributed by atoms with Gasteiger partial charge in [0.05, 0.1) is 4.91 Å². The lowest BCUT2D eigenvalue weighted by molar-refractivity contribution is -0.121. The number of amidine groups is 1. The maximum Gasteiger partial charge on any atom is 0.266 e. The van der Waals surface area contributed by atoms with Gasteiger partial charge < -0.3 is 4.57 Å². The number of unbranched alkanes of at least 4 members (excludes halogenated alkanes) is 1. The van der Waals surface area contributed by atoms with Gasteiger partial charge in [-0.05, 0) is 73.9 Å². The fourth-order valence-electron chi connectivity index (χ4n) is 3.41. The number of hydrogen-bond donors (Lipinski definition) is 0. The molecule has 142 valence electrons. The van der Waals surface area contributed by atoms with Crippen molar-refractivity contribution in [3.8, 4) is 5.69 Å². The van der Waals surface area contributed by atoms with Crippen LogP contribution in [-0.4, -0.2) is 34.6 Å². The Balaban J connectivity index is 1.92. The van der Waals surface area contributed by atoms with E-state index in [1.807, 2.05) is 6.08 Å². The summed E-state index contributed by atoms with van der Waals surface area (Å²) in [5.41, 5.74) is 5.92. The van der Waals surface area contributed by atoms with Gasteiger partial charge in [0.15, 0.2) is 5.17 Å². The average molecular weight is 382 g/mol. The molecule has 0 radical (unpaired) electrons. The highest BCUT2D eigenvalue weighted by molar-refractivity contribution is 8.18. The number of aryl methyl sites for hydroxylation is 2. The number of aliphatic imine (C=N–C) groups is 1. The third-order valence-corrected chi connectivity index (χ3v) is 6.12. The summed E-state index contributed by atoms with van der Waals surface area (Å²) in [7, 11) is 3.48. The summed E-state index contributed by atoms with van der Waals surface area (Å²) in [5, 5.41) is 0.739. The van der Waals surface area contributed by atoms with E-state index in [0.717, 1.165) is 34.2 Å². The van der Waals surface area contributed by atoms with Crippen molar-refractivity contribution in [1.82, 2.24) is 9.47 Å². The third kappa shape index (κ3) is 3.88. The third-order valence-electron chi connectivity index (χ3n) is 4.97. The lowest BCUT2D eigenvalue weighted by Gasteiger charge is -2.11. The normalized spacial score (nSPS) is 17.5. The second-order valence-electron chi connectivity index (χ2n) is 6.91. The summed E-state index contributed by atoms with van der Waals surface area (Å²) in [6.07, 6.45) is 5.55. The van der Waals surface area contributed by atoms with Gasteiger partial charge in [0.25, 0.3) is 5.91 Å². The predicted molar refractivity (Wildman–Crippen MR) is 116 cm³/mol. The maximum absolute atomic E-state index is 12.4. The van der Waals surface area contributed by atoms with Crippen LogP contribution in [0.4, 0.5) is 0 Å². The van der Waals surface area contributed by atoms with Crippen LogP contribution in [0.1, 0.15) is 42.3 Å². The summed E-state index contributed by atoms with van der Waals surface area (Å²) in [4.78, 5) is 18.9. The molecule has 1 aromatic carbocycles. The van der Waals surface area contributed by atoms with E-state index in [4.69, 9.17) is 0 Å². The second kappa shape index (κ2) is 8.17. The molecule has 0 spiro atoms. The maximum atomic E-state index is 12.4. The molecule has 1 fully saturated rings. The highest BCUT2D eigenvalue weighted by Gasteiger charge is 2.30. The summed E-state index contributed by atoms with van der Waals surface area (Å²) in [6.45, 7) is 6.43. The topological polar surface area (TPSA) is 37.6 Å². The molecule has 5 heteroatoms. The molecule has 0 bridgehead atoms. The van der Waals surface area contributed by atoms with Gasteiger partial charge >= 0.3 is 0 Å². The quantitative estimate of drug-likeness (QED) is 0.686. The van der Waals surface area contributed by atoms with Crippen LogP contribution in [0, 0.1) is 13.8 Å². The molecular formula is C22H27N3OS. The van der Waals surface area contributed by atoms with Crippen molar-refractivity contribution in [1.29, 1.82) is 0 Å². The lowest BCUT2D eigenvalue weighted by Crippen LogP contribution is -2.23. The Morgan fingerprint density at radius 3 is 2.48 bits per heavy atom. The van der Waals surface area contributed by atoms with Crippen molar-refractivity contribution >= 4 is 28.9 Å². The van der Waals surface area contributed by atoms with E-state index < -0.39 is 0 Å². The number of amides is 1. The van der Waals surface area contributed by atoms with E-state index in [9.17, 15) is 4.79 Å². The molecule has 27 heavy (non-hydrogen) atoms. The monoisotopic (exact) mass is 381 g/mol. The second-order valence-corrected chi connectivity index (χ2v) is 7.92. The fraction of sp³-hybridized carbons (Fsp3) is 0.364. The van der Waals surface area contributed by atoms with Gasteiger partial charge in [0.1, 0.15) is 0 Å². The Morgan fingerprint density at radius 1 is 1.19 bits per heavy atom. The van der Waals surface area contributed by atoms with E-state index in [-0.39, 0.29) is 5.91 Å². The van der Waals surface area contributed by atoms with Gasteiger partial charge in [0.2, 0.25) is 0 Å². The minimum Gasteiger partial charge on any atom is -0.318 e. The van der Waals surface area contributed by atoms with Crippen molar-refractivity contribution in [2.45, 2.75) is 40.0 Å². The van der Waals surface area contributed by atoms with Gasteiger partial charge in [0, 0.05) is 31.2 Å². The number of aromatic nitrogens is 1. The largest absolute Gasteiger partial charge is 0.318 e. The number of thioether (sulfide) groups is 1. The molecule has 1 aliphatic rings. The van der Waals surface area contributed by atoms with Crippen LogP contribution in [0.25, 0.3) is 11.8 Å². The Kier molecular flexibility index (Phi) is 5.90. The molecule has 0 N–H and O–H groups in total. The van der Waals surface area contributed by atoms with Crippen molar-refractivity contribution < 1.29 is 4.79 Å². The standard InChI is InChI=1S/C22H27N3OS/c1-6-7-8-17-9-11-19(12-10-17)25-15(2)13-18(16(25)3)14-20-21(26)24(5)22(23-4)27-20/h9-14H,6-8H2,1-5H3/b20-14+,23-22?. The van der Waals surface area contributed by atoms with Crippen molar-refractivity contribution in [2.75, 3.05) is 14.1 Å². The molecule has 0 saturated carbocycles. The number of carbonyl (C=O) groups is 1. The zero-order valence-electron chi connectivity index (χ0n) is 16.7. The van der Waals surface area contributed by atoms with E-state index in [0.29, 0.717) is 4.91 Å². The van der Waals surface area contributed by atoms with Gasteiger partial charge in [-0.25, -0.2) is 0 Å². The first kappa shape index (κ1) is 19.5. The fourth-order valence-corrected chi connectivity index (χ4v) is 4.33. The van der Waals surface area contributed by atoms with Crippen molar-refractivity contribution in [2.24, 2.45) is 4.99 Å². The SMILES string of the molecule is CCCCc1ccc(-n2c(C)cc(/C=C3/SC(=NC)N(C)C3=O)c2C)cc1. The van der Waals surface area contributed by atoms with Crippen molar-refractivity contribution in [3.05, 3.63) is 57.8 Å². The summed E-state index contributed by atoms with van der Waals surface area (Å²) < 4.78 is 2.25. The molecule has 4 nitrogen and oxygen atoms in total. The molecule has 2 heterocycles. The minimum absolute atomic E-state index is 0.00526. The molecule has 1 saturated heterocycles. The predicted octanol–water partition coefficient (Wildman–Crippen LogP) is 4.97. The van der Waals surface area contributed by atoms with Crippen molar-refractivity contribution in [3.63, 3.8) is 0 Å². The Bertz CT molecular complexity index is 906.